The van der Waals surface area contributed by atoms with Crippen LogP contribution in [0, 0.1) is 0 Å². The number of methoxy groups -OCH3 is 1. The Morgan fingerprint density at radius 3 is 2.79 bits per heavy atom. The van der Waals surface area contributed by atoms with E-state index in [0.29, 0.717) is 23.1 Å². The minimum Gasteiger partial charge on any atom is -0.497 e. The molecule has 0 radical (unpaired) electrons. The van der Waals surface area contributed by atoms with Crippen molar-refractivity contribution in [2.75, 3.05) is 12.4 Å². The Balaban J connectivity index is 1.54. The molecule has 4 rings (SSSR count). The number of carbonyl (C=O) groups excluding carboxylic acids is 1. The number of anilines is 1. The van der Waals surface area contributed by atoms with Crippen LogP contribution in [0.4, 0.5) is 5.69 Å². The van der Waals surface area contributed by atoms with Crippen LogP contribution in [0.2, 0.25) is 0 Å². The molecule has 0 bridgehead atoms. The fourth-order valence-electron chi connectivity index (χ4n) is 3.39. The van der Waals surface area contributed by atoms with Gasteiger partial charge in [-0.1, -0.05) is 12.1 Å². The van der Waals surface area contributed by atoms with Crippen LogP contribution in [0.3, 0.4) is 0 Å². The standard InChI is InChI=1S/C22H21N3O3/c1-28-17-9-5-15(6-10-17)7-12-21(26)23-16-8-11-19-18(14-16)22(27)25-13-3-2-4-20(25)24-19/h5-12,14H,2-4,13H2,1H3,(H,23,26)/b12-7+. The molecule has 0 fully saturated rings. The van der Waals surface area contributed by atoms with Gasteiger partial charge >= 0.3 is 0 Å². The summed E-state index contributed by atoms with van der Waals surface area (Å²) in [7, 11) is 1.61. The predicted octanol–water partition coefficient (Wildman–Crippen LogP) is 3.39. The van der Waals surface area contributed by atoms with E-state index in [9.17, 15) is 9.59 Å². The number of hydrogen-bond donors (Lipinski definition) is 1. The van der Waals surface area contributed by atoms with E-state index in [1.807, 2.05) is 24.3 Å². The molecule has 6 heteroatoms. The Morgan fingerprint density at radius 1 is 1.18 bits per heavy atom. The maximum absolute atomic E-state index is 12.8. The Morgan fingerprint density at radius 2 is 2.00 bits per heavy atom. The normalized spacial score (nSPS) is 13.5. The van der Waals surface area contributed by atoms with Gasteiger partial charge in [-0.2, -0.15) is 0 Å². The summed E-state index contributed by atoms with van der Waals surface area (Å²) >= 11 is 0. The highest BCUT2D eigenvalue weighted by Crippen LogP contribution is 2.18. The van der Waals surface area contributed by atoms with Crippen molar-refractivity contribution < 1.29 is 9.53 Å². The maximum Gasteiger partial charge on any atom is 0.261 e. The molecule has 1 N–H and O–H groups in total. The van der Waals surface area contributed by atoms with Crippen molar-refractivity contribution in [3.05, 3.63) is 70.3 Å². The molecule has 1 aliphatic rings. The number of aromatic nitrogens is 2. The van der Waals surface area contributed by atoms with Crippen LogP contribution in [-0.4, -0.2) is 22.6 Å². The molecular formula is C22H21N3O3. The van der Waals surface area contributed by atoms with Gasteiger partial charge in [0.1, 0.15) is 11.6 Å². The summed E-state index contributed by atoms with van der Waals surface area (Å²) in [5, 5.41) is 3.34. The van der Waals surface area contributed by atoms with Crippen LogP contribution >= 0.6 is 0 Å². The van der Waals surface area contributed by atoms with Gasteiger partial charge in [0.05, 0.1) is 18.0 Å². The lowest BCUT2D eigenvalue weighted by Gasteiger charge is -2.17. The molecule has 0 aliphatic carbocycles. The van der Waals surface area contributed by atoms with Crippen LogP contribution in [0.1, 0.15) is 24.2 Å². The largest absolute Gasteiger partial charge is 0.497 e. The molecule has 0 spiro atoms. The Labute approximate surface area is 162 Å². The van der Waals surface area contributed by atoms with Gasteiger partial charge in [0.2, 0.25) is 5.91 Å². The summed E-state index contributed by atoms with van der Waals surface area (Å²) in [6.07, 6.45) is 6.08. The van der Waals surface area contributed by atoms with Crippen molar-refractivity contribution in [3.63, 3.8) is 0 Å². The van der Waals surface area contributed by atoms with Gasteiger partial charge in [-0.05, 0) is 54.8 Å². The summed E-state index contributed by atoms with van der Waals surface area (Å²) in [5.41, 5.74) is 2.10. The second-order valence-electron chi connectivity index (χ2n) is 6.77. The number of benzene rings is 2. The van der Waals surface area contributed by atoms with E-state index < -0.39 is 0 Å². The van der Waals surface area contributed by atoms with Gasteiger partial charge in [-0.15, -0.1) is 0 Å². The number of ether oxygens (including phenoxy) is 1. The van der Waals surface area contributed by atoms with E-state index in [1.54, 1.807) is 36.0 Å². The number of rotatable bonds is 4. The quantitative estimate of drug-likeness (QED) is 0.710. The third-order valence-corrected chi connectivity index (χ3v) is 4.88. The molecule has 0 atom stereocenters. The van der Waals surface area contributed by atoms with E-state index in [0.717, 1.165) is 36.4 Å². The third-order valence-electron chi connectivity index (χ3n) is 4.88. The summed E-state index contributed by atoms with van der Waals surface area (Å²) in [5.74, 6) is 1.35. The number of aryl methyl sites for hydroxylation is 1. The van der Waals surface area contributed by atoms with E-state index in [-0.39, 0.29) is 11.5 Å². The summed E-state index contributed by atoms with van der Waals surface area (Å²) in [6.45, 7) is 0.707. The van der Waals surface area contributed by atoms with E-state index >= 15 is 0 Å². The second kappa shape index (κ2) is 7.68. The lowest BCUT2D eigenvalue weighted by atomic mass is 10.1. The third kappa shape index (κ3) is 3.67. The highest BCUT2D eigenvalue weighted by Gasteiger charge is 2.15. The van der Waals surface area contributed by atoms with Crippen molar-refractivity contribution in [1.82, 2.24) is 9.55 Å². The molecular weight excluding hydrogens is 354 g/mol. The molecule has 2 heterocycles. The highest BCUT2D eigenvalue weighted by atomic mass is 16.5. The van der Waals surface area contributed by atoms with Crippen molar-refractivity contribution in [1.29, 1.82) is 0 Å². The smallest absolute Gasteiger partial charge is 0.261 e. The molecule has 0 unspecified atom stereocenters. The fourth-order valence-corrected chi connectivity index (χ4v) is 3.39. The first-order valence-corrected chi connectivity index (χ1v) is 9.30. The fraction of sp³-hybridized carbons (Fsp3) is 0.227. The summed E-state index contributed by atoms with van der Waals surface area (Å²) in [4.78, 5) is 29.6. The molecule has 28 heavy (non-hydrogen) atoms. The molecule has 0 saturated heterocycles. The lowest BCUT2D eigenvalue weighted by Crippen LogP contribution is -2.28. The topological polar surface area (TPSA) is 73.2 Å². The van der Waals surface area contributed by atoms with Crippen molar-refractivity contribution in [2.24, 2.45) is 0 Å². The minimum atomic E-state index is -0.263. The zero-order chi connectivity index (χ0) is 19.5. The molecule has 142 valence electrons. The van der Waals surface area contributed by atoms with Crippen LogP contribution in [0.5, 0.6) is 5.75 Å². The average Bonchev–Trinajstić information content (AvgIpc) is 2.73. The first-order valence-electron chi connectivity index (χ1n) is 9.30. The van der Waals surface area contributed by atoms with Crippen LogP contribution in [0.25, 0.3) is 17.0 Å². The summed E-state index contributed by atoms with van der Waals surface area (Å²) in [6, 6.07) is 12.7. The van der Waals surface area contributed by atoms with E-state index in [2.05, 4.69) is 10.3 Å². The number of nitrogens with one attached hydrogen (secondary N) is 1. The van der Waals surface area contributed by atoms with Crippen LogP contribution in [0.15, 0.2) is 53.3 Å². The van der Waals surface area contributed by atoms with Crippen molar-refractivity contribution in [3.8, 4) is 5.75 Å². The Hall–Kier alpha value is -3.41. The maximum atomic E-state index is 12.8. The first kappa shape index (κ1) is 18.0. The molecule has 3 aromatic rings. The molecule has 1 aromatic heterocycles. The van der Waals surface area contributed by atoms with Gasteiger partial charge in [-0.25, -0.2) is 4.98 Å². The van der Waals surface area contributed by atoms with Crippen molar-refractivity contribution in [2.45, 2.75) is 25.8 Å². The molecule has 0 saturated carbocycles. The molecule has 6 nitrogen and oxygen atoms in total. The number of carbonyl (C=O) groups is 1. The zero-order valence-corrected chi connectivity index (χ0v) is 15.6. The number of fused-ring (bicyclic) bond motifs is 2. The molecule has 1 amide bonds. The first-order chi connectivity index (χ1) is 13.6. The van der Waals surface area contributed by atoms with Gasteiger partial charge < -0.3 is 10.1 Å². The average molecular weight is 375 g/mol. The van der Waals surface area contributed by atoms with Gasteiger partial charge in [0.25, 0.3) is 5.56 Å². The minimum absolute atomic E-state index is 0.0374. The highest BCUT2D eigenvalue weighted by molar-refractivity contribution is 6.02. The molecule has 2 aromatic carbocycles. The van der Waals surface area contributed by atoms with Crippen molar-refractivity contribution >= 4 is 28.6 Å². The zero-order valence-electron chi connectivity index (χ0n) is 15.6. The van der Waals surface area contributed by atoms with Gasteiger partial charge in [0, 0.05) is 24.7 Å². The number of amides is 1. The summed E-state index contributed by atoms with van der Waals surface area (Å²) < 4.78 is 6.87. The van der Waals surface area contributed by atoms with Crippen LogP contribution < -0.4 is 15.6 Å². The number of nitrogens with zero attached hydrogens (tertiary/aromatic N) is 2. The van der Waals surface area contributed by atoms with Gasteiger partial charge in [-0.3, -0.25) is 14.2 Å². The SMILES string of the molecule is COc1ccc(/C=C/C(=O)Nc2ccc3nc4n(c(=O)c3c2)CCCC4)cc1. The second-order valence-corrected chi connectivity index (χ2v) is 6.77. The number of hydrogen-bond acceptors (Lipinski definition) is 4. The Kier molecular flexibility index (Phi) is 4.93. The molecule has 1 aliphatic heterocycles. The predicted molar refractivity (Wildman–Crippen MR) is 110 cm³/mol. The van der Waals surface area contributed by atoms with Gasteiger partial charge in [0.15, 0.2) is 0 Å². The van der Waals surface area contributed by atoms with E-state index in [4.69, 9.17) is 4.74 Å². The van der Waals surface area contributed by atoms with Crippen LogP contribution in [-0.2, 0) is 17.8 Å². The van der Waals surface area contributed by atoms with E-state index in [1.165, 1.54) is 6.08 Å². The lowest BCUT2D eigenvalue weighted by molar-refractivity contribution is -0.111. The monoisotopic (exact) mass is 375 g/mol. The Bertz CT molecular complexity index is 1110.